The molecule has 0 bridgehead atoms. The van der Waals surface area contributed by atoms with Gasteiger partial charge in [0.1, 0.15) is 0 Å². The van der Waals surface area contributed by atoms with Gasteiger partial charge < -0.3 is 0 Å². The summed E-state index contributed by atoms with van der Waals surface area (Å²) in [7, 11) is 0. The van der Waals surface area contributed by atoms with Gasteiger partial charge in [-0.2, -0.15) is 0 Å². The van der Waals surface area contributed by atoms with Crippen molar-refractivity contribution in [2.75, 3.05) is 13.1 Å². The zero-order valence-corrected chi connectivity index (χ0v) is 20.8. The van der Waals surface area contributed by atoms with Crippen LogP contribution < -0.4 is 0 Å². The molecule has 0 spiro atoms. The van der Waals surface area contributed by atoms with Crippen molar-refractivity contribution in [3.05, 3.63) is 0 Å². The number of amides is 4. The molecular weight excluding hydrogens is 416 g/mol. The molecule has 0 radical (unpaired) electrons. The van der Waals surface area contributed by atoms with Gasteiger partial charge in [-0.05, 0) is 32.1 Å². The summed E-state index contributed by atoms with van der Waals surface area (Å²) in [6, 6.07) is 0. The zero-order valence-electron chi connectivity index (χ0n) is 20.8. The average Bonchev–Trinajstić information content (AvgIpc) is 2.78. The first-order valence-corrected chi connectivity index (χ1v) is 13.8. The van der Waals surface area contributed by atoms with Crippen molar-refractivity contribution < 1.29 is 19.2 Å². The van der Waals surface area contributed by atoms with Crippen LogP contribution in [0.25, 0.3) is 0 Å². The topological polar surface area (TPSA) is 74.8 Å². The van der Waals surface area contributed by atoms with Crippen molar-refractivity contribution in [1.29, 1.82) is 0 Å². The highest BCUT2D eigenvalue weighted by atomic mass is 16.2. The number of hydrogen-bond donors (Lipinski definition) is 0. The van der Waals surface area contributed by atoms with Crippen molar-refractivity contribution in [2.24, 2.45) is 0 Å². The highest BCUT2D eigenvalue weighted by Crippen LogP contribution is 2.17. The summed E-state index contributed by atoms with van der Waals surface area (Å²) in [6.07, 6.45) is 18.9. The van der Waals surface area contributed by atoms with Gasteiger partial charge in [0, 0.05) is 38.8 Å². The zero-order chi connectivity index (χ0) is 23.7. The van der Waals surface area contributed by atoms with E-state index in [4.69, 9.17) is 0 Å². The number of nitrogens with zero attached hydrogens (tertiary/aromatic N) is 2. The van der Waals surface area contributed by atoms with Gasteiger partial charge in [-0.1, -0.05) is 77.0 Å². The van der Waals surface area contributed by atoms with E-state index < -0.39 is 0 Å². The Labute approximate surface area is 200 Å². The van der Waals surface area contributed by atoms with E-state index >= 15 is 0 Å². The Balaban J connectivity index is 1.82. The Morgan fingerprint density at radius 2 is 0.788 bits per heavy atom. The Bertz CT molecular complexity index is 567. The monoisotopic (exact) mass is 462 g/mol. The van der Waals surface area contributed by atoms with Crippen LogP contribution in [0, 0.1) is 0 Å². The molecule has 2 fully saturated rings. The Hall–Kier alpha value is -1.72. The SMILES string of the molecule is O=C1CCCCCCCCCCN1C(=O)CCCC(=O)N1CCCCCCCCCCC1=O. The molecule has 188 valence electrons. The van der Waals surface area contributed by atoms with E-state index in [-0.39, 0.29) is 36.5 Å². The van der Waals surface area contributed by atoms with Gasteiger partial charge in [0.15, 0.2) is 0 Å². The van der Waals surface area contributed by atoms with Crippen molar-refractivity contribution in [1.82, 2.24) is 9.80 Å². The molecule has 0 aliphatic carbocycles. The van der Waals surface area contributed by atoms with E-state index in [2.05, 4.69) is 0 Å². The van der Waals surface area contributed by atoms with Crippen LogP contribution in [-0.2, 0) is 19.2 Å². The number of hydrogen-bond acceptors (Lipinski definition) is 4. The summed E-state index contributed by atoms with van der Waals surface area (Å²) in [5.41, 5.74) is 0. The molecule has 6 heteroatoms. The van der Waals surface area contributed by atoms with Crippen LogP contribution in [0.1, 0.15) is 135 Å². The fourth-order valence-corrected chi connectivity index (χ4v) is 4.92. The molecule has 33 heavy (non-hydrogen) atoms. The Kier molecular flexibility index (Phi) is 14.0. The molecular formula is C27H46N2O4. The lowest BCUT2D eigenvalue weighted by atomic mass is 10.0. The second kappa shape index (κ2) is 16.8. The smallest absolute Gasteiger partial charge is 0.229 e. The highest BCUT2D eigenvalue weighted by molar-refractivity contribution is 5.96. The standard InChI is InChI=1S/C27H46N2O4/c30-24-18-13-9-5-1-3-7-11-15-22-28(24)26(32)20-17-21-27(33)29-23-16-12-8-4-2-6-10-14-19-25(29)31/h1-23H2. The molecule has 0 saturated carbocycles. The number of rotatable bonds is 4. The van der Waals surface area contributed by atoms with Crippen molar-refractivity contribution in [3.63, 3.8) is 0 Å². The van der Waals surface area contributed by atoms with Crippen LogP contribution in [0.5, 0.6) is 0 Å². The van der Waals surface area contributed by atoms with Gasteiger partial charge >= 0.3 is 0 Å². The molecule has 2 saturated heterocycles. The van der Waals surface area contributed by atoms with E-state index in [0.29, 0.717) is 32.4 Å². The van der Waals surface area contributed by atoms with E-state index in [0.717, 1.165) is 64.2 Å². The normalized spacial score (nSPS) is 21.3. The number of carbonyl (C=O) groups excluding carboxylic acids is 4. The third-order valence-corrected chi connectivity index (χ3v) is 7.03. The predicted octanol–water partition coefficient (Wildman–Crippen LogP) is 5.92. The molecule has 0 atom stereocenters. The van der Waals surface area contributed by atoms with Crippen LogP contribution in [0.2, 0.25) is 0 Å². The maximum atomic E-state index is 12.8. The fraction of sp³-hybridized carbons (Fsp3) is 0.852. The highest BCUT2D eigenvalue weighted by Gasteiger charge is 2.23. The molecule has 0 unspecified atom stereocenters. The van der Waals surface area contributed by atoms with Crippen molar-refractivity contribution in [3.8, 4) is 0 Å². The van der Waals surface area contributed by atoms with Crippen molar-refractivity contribution >= 4 is 23.6 Å². The Morgan fingerprint density at radius 3 is 1.15 bits per heavy atom. The molecule has 2 aliphatic heterocycles. The van der Waals surface area contributed by atoms with E-state index in [1.54, 1.807) is 0 Å². The third-order valence-electron chi connectivity index (χ3n) is 7.03. The maximum Gasteiger partial charge on any atom is 0.229 e. The van der Waals surface area contributed by atoms with Crippen LogP contribution in [0.3, 0.4) is 0 Å². The van der Waals surface area contributed by atoms with Gasteiger partial charge in [-0.25, -0.2) is 0 Å². The molecule has 2 aliphatic rings. The van der Waals surface area contributed by atoms with E-state index in [1.165, 1.54) is 48.3 Å². The van der Waals surface area contributed by atoms with Gasteiger partial charge in [-0.3, -0.25) is 29.0 Å². The summed E-state index contributed by atoms with van der Waals surface area (Å²) < 4.78 is 0. The largest absolute Gasteiger partial charge is 0.283 e. The molecule has 0 aromatic rings. The molecule has 0 aromatic heterocycles. The minimum Gasteiger partial charge on any atom is -0.283 e. The molecule has 0 aromatic carbocycles. The minimum absolute atomic E-state index is 0.0647. The molecule has 6 nitrogen and oxygen atoms in total. The van der Waals surface area contributed by atoms with E-state index in [1.807, 2.05) is 0 Å². The summed E-state index contributed by atoms with van der Waals surface area (Å²) in [6.45, 7) is 0.993. The minimum atomic E-state index is -0.162. The summed E-state index contributed by atoms with van der Waals surface area (Å²) >= 11 is 0. The average molecular weight is 463 g/mol. The first kappa shape index (κ1) is 27.5. The first-order chi connectivity index (χ1) is 16.1. The molecule has 2 rings (SSSR count). The summed E-state index contributed by atoms with van der Waals surface area (Å²) in [5.74, 6) is -0.454. The lowest BCUT2D eigenvalue weighted by molar-refractivity contribution is -0.145. The molecule has 2 heterocycles. The number of imide groups is 2. The predicted molar refractivity (Wildman–Crippen MR) is 130 cm³/mol. The van der Waals surface area contributed by atoms with Crippen molar-refractivity contribution in [2.45, 2.75) is 135 Å². The maximum absolute atomic E-state index is 12.8. The van der Waals surface area contributed by atoms with Gasteiger partial charge in [0.2, 0.25) is 23.6 Å². The second-order valence-electron chi connectivity index (χ2n) is 9.89. The first-order valence-electron chi connectivity index (χ1n) is 13.8. The lowest BCUT2D eigenvalue weighted by Gasteiger charge is -2.23. The lowest BCUT2D eigenvalue weighted by Crippen LogP contribution is -2.39. The quantitative estimate of drug-likeness (QED) is 0.520. The van der Waals surface area contributed by atoms with Gasteiger partial charge in [0.05, 0.1) is 0 Å². The molecule has 4 amide bonds. The number of carbonyl (C=O) groups is 4. The van der Waals surface area contributed by atoms with Crippen LogP contribution in [0.15, 0.2) is 0 Å². The van der Waals surface area contributed by atoms with Gasteiger partial charge in [-0.15, -0.1) is 0 Å². The van der Waals surface area contributed by atoms with E-state index in [9.17, 15) is 19.2 Å². The molecule has 0 N–H and O–H groups in total. The van der Waals surface area contributed by atoms with Crippen LogP contribution >= 0.6 is 0 Å². The fourth-order valence-electron chi connectivity index (χ4n) is 4.92. The second-order valence-corrected chi connectivity index (χ2v) is 9.89. The summed E-state index contributed by atoms with van der Waals surface area (Å²) in [5, 5.41) is 0. The Morgan fingerprint density at radius 1 is 0.485 bits per heavy atom. The third kappa shape index (κ3) is 11.3. The van der Waals surface area contributed by atoms with Gasteiger partial charge in [0.25, 0.3) is 0 Å². The van der Waals surface area contributed by atoms with Crippen LogP contribution in [0.4, 0.5) is 0 Å². The summed E-state index contributed by atoms with van der Waals surface area (Å²) in [4.78, 5) is 53.8. The van der Waals surface area contributed by atoms with Crippen LogP contribution in [-0.4, -0.2) is 46.5 Å².